The van der Waals surface area contributed by atoms with E-state index in [2.05, 4.69) is 25.3 Å². The Kier molecular flexibility index (Phi) is 4.94. The molecule has 1 N–H and O–H groups in total. The summed E-state index contributed by atoms with van der Waals surface area (Å²) in [5.41, 5.74) is 0. The first kappa shape index (κ1) is 16.7. The Bertz CT molecular complexity index is 826. The molecule has 1 atom stereocenters. The van der Waals surface area contributed by atoms with Crippen molar-refractivity contribution in [2.24, 2.45) is 0 Å². The van der Waals surface area contributed by atoms with E-state index in [4.69, 9.17) is 9.15 Å². The smallest absolute Gasteiger partial charge is 0.173 e. The van der Waals surface area contributed by atoms with Crippen molar-refractivity contribution >= 4 is 5.82 Å². The van der Waals surface area contributed by atoms with Crippen LogP contribution in [0.15, 0.2) is 47.4 Å². The Morgan fingerprint density at radius 2 is 2.12 bits per heavy atom. The fourth-order valence-corrected chi connectivity index (χ4v) is 3.09. The molecule has 0 saturated carbocycles. The van der Waals surface area contributed by atoms with E-state index in [9.17, 15) is 0 Å². The van der Waals surface area contributed by atoms with E-state index >= 15 is 0 Å². The minimum atomic E-state index is 0.114. The van der Waals surface area contributed by atoms with Crippen molar-refractivity contribution in [2.75, 3.05) is 38.2 Å². The van der Waals surface area contributed by atoms with Crippen LogP contribution in [-0.4, -0.2) is 57.5 Å². The molecule has 4 rings (SSSR count). The lowest BCUT2D eigenvalue weighted by Crippen LogP contribution is -2.41. The van der Waals surface area contributed by atoms with Crippen LogP contribution in [0, 0.1) is 6.92 Å². The fraction of sp³-hybridized carbons (Fsp3) is 0.389. The molecule has 1 unspecified atom stereocenters. The van der Waals surface area contributed by atoms with Gasteiger partial charge in [-0.25, -0.2) is 9.67 Å². The van der Waals surface area contributed by atoms with Gasteiger partial charge in [0.15, 0.2) is 5.82 Å². The van der Waals surface area contributed by atoms with Gasteiger partial charge in [0, 0.05) is 32.0 Å². The predicted molar refractivity (Wildman–Crippen MR) is 96.2 cm³/mol. The van der Waals surface area contributed by atoms with Gasteiger partial charge in [-0.05, 0) is 25.1 Å². The molecular weight excluding hydrogens is 332 g/mol. The van der Waals surface area contributed by atoms with Crippen LogP contribution < -0.4 is 5.32 Å². The number of aromatic nitrogens is 4. The number of hydrogen-bond acceptors (Lipinski definition) is 7. The molecule has 8 nitrogen and oxygen atoms in total. The second-order valence-electron chi connectivity index (χ2n) is 6.21. The topological polar surface area (TPSA) is 81.2 Å². The van der Waals surface area contributed by atoms with Crippen LogP contribution in [0.2, 0.25) is 0 Å². The van der Waals surface area contributed by atoms with Gasteiger partial charge in [-0.15, -0.1) is 0 Å². The lowest BCUT2D eigenvalue weighted by atomic mass is 10.1. The maximum Gasteiger partial charge on any atom is 0.173 e. The van der Waals surface area contributed by atoms with Gasteiger partial charge in [-0.1, -0.05) is 0 Å². The highest BCUT2D eigenvalue weighted by molar-refractivity contribution is 5.36. The van der Waals surface area contributed by atoms with Gasteiger partial charge in [0.1, 0.15) is 17.3 Å². The molecule has 4 heterocycles. The second kappa shape index (κ2) is 7.67. The number of hydrogen-bond donors (Lipinski definition) is 1. The molecule has 1 saturated heterocycles. The van der Waals surface area contributed by atoms with E-state index in [0.29, 0.717) is 18.2 Å². The number of rotatable bonds is 6. The van der Waals surface area contributed by atoms with E-state index in [1.807, 2.05) is 31.3 Å². The average Bonchev–Trinajstić information content (AvgIpc) is 3.35. The standard InChI is InChI=1S/C18H22N6O2/c1-14-3-4-16(26-14)15(23-7-9-25-10-8-23)11-20-17-12-19-13-18(22-17)24-6-2-5-21-24/h2-6,12-13,15H,7-11H2,1H3,(H,20,22). The quantitative estimate of drug-likeness (QED) is 0.725. The zero-order chi connectivity index (χ0) is 17.8. The van der Waals surface area contributed by atoms with E-state index < -0.39 is 0 Å². The van der Waals surface area contributed by atoms with Gasteiger partial charge in [0.05, 0.1) is 31.6 Å². The van der Waals surface area contributed by atoms with Gasteiger partial charge < -0.3 is 14.5 Å². The van der Waals surface area contributed by atoms with Gasteiger partial charge in [0.25, 0.3) is 0 Å². The van der Waals surface area contributed by atoms with Crippen molar-refractivity contribution in [1.29, 1.82) is 0 Å². The van der Waals surface area contributed by atoms with E-state index in [0.717, 1.165) is 37.8 Å². The molecular formula is C18H22N6O2. The molecule has 0 bridgehead atoms. The highest BCUT2D eigenvalue weighted by atomic mass is 16.5. The summed E-state index contributed by atoms with van der Waals surface area (Å²) in [4.78, 5) is 11.2. The first-order valence-electron chi connectivity index (χ1n) is 8.74. The van der Waals surface area contributed by atoms with Gasteiger partial charge in [-0.2, -0.15) is 5.10 Å². The van der Waals surface area contributed by atoms with Crippen molar-refractivity contribution in [3.63, 3.8) is 0 Å². The Hall–Kier alpha value is -2.71. The van der Waals surface area contributed by atoms with Crippen LogP contribution in [0.3, 0.4) is 0 Å². The highest BCUT2D eigenvalue weighted by Gasteiger charge is 2.25. The maximum absolute atomic E-state index is 5.90. The van der Waals surface area contributed by atoms with Crippen molar-refractivity contribution < 1.29 is 9.15 Å². The molecule has 0 amide bonds. The van der Waals surface area contributed by atoms with Crippen molar-refractivity contribution in [2.45, 2.75) is 13.0 Å². The Balaban J connectivity index is 1.50. The van der Waals surface area contributed by atoms with Crippen molar-refractivity contribution in [3.8, 4) is 5.82 Å². The molecule has 1 aliphatic rings. The molecule has 0 aliphatic carbocycles. The lowest BCUT2D eigenvalue weighted by molar-refractivity contribution is 0.0143. The molecule has 3 aromatic heterocycles. The molecule has 1 fully saturated rings. The second-order valence-corrected chi connectivity index (χ2v) is 6.21. The van der Waals surface area contributed by atoms with Gasteiger partial charge in [0.2, 0.25) is 0 Å². The fourth-order valence-electron chi connectivity index (χ4n) is 3.09. The Labute approximate surface area is 151 Å². The largest absolute Gasteiger partial charge is 0.465 e. The Morgan fingerprint density at radius 1 is 1.23 bits per heavy atom. The summed E-state index contributed by atoms with van der Waals surface area (Å²) in [5, 5.41) is 7.59. The number of aryl methyl sites for hydroxylation is 1. The Morgan fingerprint density at radius 3 is 2.85 bits per heavy atom. The third-order valence-corrected chi connectivity index (χ3v) is 4.41. The molecule has 26 heavy (non-hydrogen) atoms. The summed E-state index contributed by atoms with van der Waals surface area (Å²) >= 11 is 0. The number of morpholine rings is 1. The maximum atomic E-state index is 5.90. The molecule has 1 aliphatic heterocycles. The molecule has 0 aromatic carbocycles. The number of anilines is 1. The average molecular weight is 354 g/mol. The summed E-state index contributed by atoms with van der Waals surface area (Å²) < 4.78 is 13.1. The molecule has 8 heteroatoms. The summed E-state index contributed by atoms with van der Waals surface area (Å²) in [6, 6.07) is 6.02. The summed E-state index contributed by atoms with van der Waals surface area (Å²) in [6.07, 6.45) is 6.97. The summed E-state index contributed by atoms with van der Waals surface area (Å²) in [6.45, 7) is 5.88. The monoisotopic (exact) mass is 354 g/mol. The van der Waals surface area contributed by atoms with Gasteiger partial charge >= 0.3 is 0 Å². The van der Waals surface area contributed by atoms with E-state index in [1.165, 1.54) is 0 Å². The van der Waals surface area contributed by atoms with Crippen molar-refractivity contribution in [1.82, 2.24) is 24.6 Å². The normalized spacial score (nSPS) is 16.5. The first-order valence-corrected chi connectivity index (χ1v) is 8.74. The van der Waals surface area contributed by atoms with Crippen LogP contribution in [0.1, 0.15) is 17.6 Å². The third-order valence-electron chi connectivity index (χ3n) is 4.41. The minimum absolute atomic E-state index is 0.114. The zero-order valence-corrected chi connectivity index (χ0v) is 14.7. The van der Waals surface area contributed by atoms with E-state index in [1.54, 1.807) is 23.3 Å². The summed E-state index contributed by atoms with van der Waals surface area (Å²) in [5.74, 6) is 3.25. The molecule has 136 valence electrons. The van der Waals surface area contributed by atoms with Crippen LogP contribution in [-0.2, 0) is 4.74 Å². The molecule has 0 spiro atoms. The van der Waals surface area contributed by atoms with Gasteiger partial charge in [-0.3, -0.25) is 9.88 Å². The zero-order valence-electron chi connectivity index (χ0n) is 14.7. The number of ether oxygens (including phenoxy) is 1. The number of nitrogens with one attached hydrogen (secondary N) is 1. The highest BCUT2D eigenvalue weighted by Crippen LogP contribution is 2.24. The van der Waals surface area contributed by atoms with Crippen LogP contribution in [0.5, 0.6) is 0 Å². The van der Waals surface area contributed by atoms with Crippen LogP contribution in [0.25, 0.3) is 5.82 Å². The number of nitrogens with zero attached hydrogens (tertiary/aromatic N) is 5. The SMILES string of the molecule is Cc1ccc(C(CNc2cncc(-n3cccn3)n2)N2CCOCC2)o1. The molecule has 0 radical (unpaired) electrons. The molecule has 3 aromatic rings. The predicted octanol–water partition coefficient (Wildman–Crippen LogP) is 2.05. The van der Waals surface area contributed by atoms with Crippen LogP contribution in [0.4, 0.5) is 5.82 Å². The third kappa shape index (κ3) is 3.76. The minimum Gasteiger partial charge on any atom is -0.465 e. The van der Waals surface area contributed by atoms with Crippen molar-refractivity contribution in [3.05, 3.63) is 54.5 Å². The van der Waals surface area contributed by atoms with Crippen LogP contribution >= 0.6 is 0 Å². The number of furan rings is 1. The van der Waals surface area contributed by atoms with E-state index in [-0.39, 0.29) is 6.04 Å². The summed E-state index contributed by atoms with van der Waals surface area (Å²) in [7, 11) is 0. The first-order chi connectivity index (χ1) is 12.8. The lowest BCUT2D eigenvalue weighted by Gasteiger charge is -2.33.